The van der Waals surface area contributed by atoms with Crippen molar-refractivity contribution in [2.24, 2.45) is 5.73 Å². The van der Waals surface area contributed by atoms with Crippen molar-refractivity contribution in [3.05, 3.63) is 23.8 Å². The molecule has 2 N–H and O–H groups in total. The summed E-state index contributed by atoms with van der Waals surface area (Å²) in [5.41, 5.74) is 7.41. The molecule has 0 radical (unpaired) electrons. The van der Waals surface area contributed by atoms with Crippen LogP contribution in [0.25, 0.3) is 0 Å². The van der Waals surface area contributed by atoms with Crippen molar-refractivity contribution in [3.63, 3.8) is 0 Å². The number of benzene rings is 1. The molecule has 0 bridgehead atoms. The Kier molecular flexibility index (Phi) is 10.7. The second-order valence-corrected chi connectivity index (χ2v) is 5.02. The quantitative estimate of drug-likeness (QED) is 0.863. The Balaban J connectivity index is 0.000000515. The lowest BCUT2D eigenvalue weighted by molar-refractivity contribution is -0.117. The van der Waals surface area contributed by atoms with Crippen LogP contribution in [0.5, 0.6) is 5.75 Å². The average Bonchev–Trinajstić information content (AvgIpc) is 2.57. The maximum atomic E-state index is 10.6. The van der Waals surface area contributed by atoms with Gasteiger partial charge >= 0.3 is 0 Å². The molecule has 23 heavy (non-hydrogen) atoms. The number of nitrogens with two attached hydrogens (primary N) is 1. The molecule has 1 aliphatic heterocycles. The van der Waals surface area contributed by atoms with Crippen molar-refractivity contribution < 1.29 is 14.3 Å². The summed E-state index contributed by atoms with van der Waals surface area (Å²) in [6.45, 7) is 11.2. The highest BCUT2D eigenvalue weighted by Crippen LogP contribution is 2.32. The van der Waals surface area contributed by atoms with E-state index in [4.69, 9.17) is 10.5 Å². The van der Waals surface area contributed by atoms with Crippen molar-refractivity contribution in [1.82, 2.24) is 0 Å². The zero-order valence-electron chi connectivity index (χ0n) is 15.0. The Hall–Kier alpha value is -1.88. The summed E-state index contributed by atoms with van der Waals surface area (Å²) < 4.78 is 5.54. The highest BCUT2D eigenvalue weighted by atomic mass is 16.5. The number of rotatable bonds is 4. The van der Waals surface area contributed by atoms with Gasteiger partial charge in [0.05, 0.1) is 24.8 Å². The van der Waals surface area contributed by atoms with Gasteiger partial charge in [0, 0.05) is 0 Å². The Labute approximate surface area is 139 Å². The summed E-state index contributed by atoms with van der Waals surface area (Å²) in [5, 5.41) is 0. The first-order chi connectivity index (χ1) is 11.0. The molecule has 0 saturated carbocycles. The normalized spacial score (nSPS) is 13.2. The first-order valence-corrected chi connectivity index (χ1v) is 8.19. The van der Waals surface area contributed by atoms with Gasteiger partial charge in [-0.1, -0.05) is 26.8 Å². The SMILES string of the molecule is CC.CC(=O)C(C)N.CCc1ccc2c(c1)N(CC=O)CCO2. The summed E-state index contributed by atoms with van der Waals surface area (Å²) in [4.78, 5) is 22.6. The number of hydrogen-bond acceptors (Lipinski definition) is 5. The standard InChI is InChI=1S/C12H15NO2.C4H9NO.C2H6/c1-2-10-3-4-12-11(9-10)13(5-7-14)6-8-15-12;1-3(5)4(2)6;1-2/h3-4,7,9H,2,5-6,8H2,1H3;3H,5H2,1-2H3;1-2H3. The predicted octanol–water partition coefficient (Wildman–Crippen LogP) is 2.60. The van der Waals surface area contributed by atoms with Gasteiger partial charge in [-0.3, -0.25) is 4.79 Å². The fourth-order valence-corrected chi connectivity index (χ4v) is 1.82. The van der Waals surface area contributed by atoms with Crippen LogP contribution in [0.4, 0.5) is 5.69 Å². The molecule has 0 aromatic heterocycles. The summed E-state index contributed by atoms with van der Waals surface area (Å²) in [7, 11) is 0. The van der Waals surface area contributed by atoms with E-state index in [2.05, 4.69) is 24.0 Å². The van der Waals surface area contributed by atoms with E-state index in [1.165, 1.54) is 12.5 Å². The summed E-state index contributed by atoms with van der Waals surface area (Å²) in [6, 6.07) is 5.89. The van der Waals surface area contributed by atoms with Gasteiger partial charge in [-0.05, 0) is 38.0 Å². The van der Waals surface area contributed by atoms with Gasteiger partial charge in [0.25, 0.3) is 0 Å². The monoisotopic (exact) mass is 322 g/mol. The van der Waals surface area contributed by atoms with Crippen LogP contribution in [-0.4, -0.2) is 37.8 Å². The van der Waals surface area contributed by atoms with Gasteiger partial charge in [0.15, 0.2) is 0 Å². The average molecular weight is 322 g/mol. The minimum absolute atomic E-state index is 0.0370. The first kappa shape index (κ1) is 21.1. The van der Waals surface area contributed by atoms with Gasteiger partial charge in [0.2, 0.25) is 0 Å². The molecule has 0 saturated heterocycles. The maximum absolute atomic E-state index is 10.6. The number of aryl methyl sites for hydroxylation is 1. The smallest absolute Gasteiger partial charge is 0.146 e. The zero-order chi connectivity index (χ0) is 17.8. The molecular weight excluding hydrogens is 292 g/mol. The minimum Gasteiger partial charge on any atom is -0.490 e. The van der Waals surface area contributed by atoms with Crippen molar-refractivity contribution in [3.8, 4) is 5.75 Å². The summed E-state index contributed by atoms with van der Waals surface area (Å²) in [6.07, 6.45) is 1.94. The van der Waals surface area contributed by atoms with Crippen LogP contribution in [0.3, 0.4) is 0 Å². The van der Waals surface area contributed by atoms with Gasteiger partial charge < -0.3 is 20.2 Å². The lowest BCUT2D eigenvalue weighted by atomic mass is 10.1. The number of fused-ring (bicyclic) bond motifs is 1. The number of ketones is 1. The van der Waals surface area contributed by atoms with E-state index in [-0.39, 0.29) is 11.8 Å². The number of anilines is 1. The van der Waals surface area contributed by atoms with E-state index in [9.17, 15) is 9.59 Å². The van der Waals surface area contributed by atoms with Crippen molar-refractivity contribution in [1.29, 1.82) is 0 Å². The number of nitrogens with zero attached hydrogens (tertiary/aromatic N) is 1. The van der Waals surface area contributed by atoms with Crippen LogP contribution in [0.2, 0.25) is 0 Å². The van der Waals surface area contributed by atoms with Crippen LogP contribution in [0.1, 0.15) is 40.2 Å². The summed E-state index contributed by atoms with van der Waals surface area (Å²) in [5.74, 6) is 0.926. The van der Waals surface area contributed by atoms with Crippen molar-refractivity contribution in [2.45, 2.75) is 47.1 Å². The van der Waals surface area contributed by atoms with Crippen molar-refractivity contribution in [2.75, 3.05) is 24.6 Å². The first-order valence-electron chi connectivity index (χ1n) is 8.19. The molecule has 0 spiro atoms. The fraction of sp³-hybridized carbons (Fsp3) is 0.556. The van der Waals surface area contributed by atoms with E-state index in [1.807, 2.05) is 19.9 Å². The maximum Gasteiger partial charge on any atom is 0.146 e. The molecule has 0 aliphatic carbocycles. The number of aldehydes is 1. The molecule has 1 heterocycles. The Morgan fingerprint density at radius 2 is 2.04 bits per heavy atom. The van der Waals surface area contributed by atoms with E-state index in [0.717, 1.165) is 30.7 Å². The Morgan fingerprint density at radius 3 is 2.52 bits per heavy atom. The van der Waals surface area contributed by atoms with Gasteiger partial charge in [-0.25, -0.2) is 0 Å². The highest BCUT2D eigenvalue weighted by molar-refractivity contribution is 5.80. The number of carbonyl (C=O) groups excluding carboxylic acids is 2. The van der Waals surface area contributed by atoms with Crippen molar-refractivity contribution >= 4 is 17.8 Å². The van der Waals surface area contributed by atoms with Gasteiger partial charge in [0.1, 0.15) is 24.4 Å². The largest absolute Gasteiger partial charge is 0.490 e. The Morgan fingerprint density at radius 1 is 1.43 bits per heavy atom. The lowest BCUT2D eigenvalue weighted by Crippen LogP contribution is -2.34. The second-order valence-electron chi connectivity index (χ2n) is 5.02. The van der Waals surface area contributed by atoms with E-state index < -0.39 is 0 Å². The molecule has 1 unspecified atom stereocenters. The number of Topliss-reactive ketones (excluding diaryl/α,β-unsaturated/α-hetero) is 1. The molecule has 5 heteroatoms. The topological polar surface area (TPSA) is 72.6 Å². The van der Waals surface area contributed by atoms with E-state index in [0.29, 0.717) is 13.2 Å². The van der Waals surface area contributed by atoms with Gasteiger partial charge in [-0.2, -0.15) is 0 Å². The van der Waals surface area contributed by atoms with Crippen LogP contribution in [0.15, 0.2) is 18.2 Å². The summed E-state index contributed by atoms with van der Waals surface area (Å²) >= 11 is 0. The molecule has 1 aliphatic rings. The highest BCUT2D eigenvalue weighted by Gasteiger charge is 2.17. The third kappa shape index (κ3) is 7.28. The van der Waals surface area contributed by atoms with E-state index >= 15 is 0 Å². The second kappa shape index (κ2) is 11.7. The molecule has 5 nitrogen and oxygen atoms in total. The third-order valence-corrected chi connectivity index (χ3v) is 3.33. The molecule has 0 amide bonds. The lowest BCUT2D eigenvalue weighted by Gasteiger charge is -2.30. The Bertz CT molecular complexity index is 487. The van der Waals surface area contributed by atoms with Crippen LogP contribution < -0.4 is 15.4 Å². The molecule has 0 fully saturated rings. The predicted molar refractivity (Wildman–Crippen MR) is 95.3 cm³/mol. The zero-order valence-corrected chi connectivity index (χ0v) is 15.0. The number of hydrogen-bond donors (Lipinski definition) is 1. The van der Waals surface area contributed by atoms with E-state index in [1.54, 1.807) is 6.92 Å². The minimum atomic E-state index is -0.287. The number of carbonyl (C=O) groups is 2. The van der Waals surface area contributed by atoms with Gasteiger partial charge in [-0.15, -0.1) is 0 Å². The molecule has 1 atom stereocenters. The third-order valence-electron chi connectivity index (χ3n) is 3.33. The molecule has 1 aromatic rings. The molecule has 2 rings (SSSR count). The molecular formula is C18H30N2O3. The van der Waals surface area contributed by atoms with Crippen LogP contribution in [-0.2, 0) is 16.0 Å². The molecule has 1 aromatic carbocycles. The number of ether oxygens (including phenoxy) is 1. The van der Waals surface area contributed by atoms with Crippen LogP contribution >= 0.6 is 0 Å². The van der Waals surface area contributed by atoms with Crippen LogP contribution in [0, 0.1) is 0 Å². The fourth-order valence-electron chi connectivity index (χ4n) is 1.82. The molecule has 130 valence electrons.